The van der Waals surface area contributed by atoms with Crippen LogP contribution in [-0.2, 0) is 4.79 Å². The summed E-state index contributed by atoms with van der Waals surface area (Å²) in [5, 5.41) is 10.6. The van der Waals surface area contributed by atoms with E-state index in [2.05, 4.69) is 25.5 Å². The predicted molar refractivity (Wildman–Crippen MR) is 89.9 cm³/mol. The summed E-state index contributed by atoms with van der Waals surface area (Å²) < 4.78 is 0. The molecule has 1 aliphatic rings. The number of amides is 1. The zero-order valence-electron chi connectivity index (χ0n) is 13.0. The second kappa shape index (κ2) is 8.10. The lowest BCUT2D eigenvalue weighted by atomic mass is 9.89. The molecule has 3 rings (SSSR count). The first-order valence-electron chi connectivity index (χ1n) is 8.03. The number of aromatic nitrogens is 4. The summed E-state index contributed by atoms with van der Waals surface area (Å²) in [5.74, 6) is 1.74. The minimum Gasteiger partial charge on any atom is -0.355 e. The first kappa shape index (κ1) is 16.0. The molecule has 1 saturated carbocycles. The summed E-state index contributed by atoms with van der Waals surface area (Å²) in [5.41, 5.74) is 0.932. The Morgan fingerprint density at radius 2 is 2.04 bits per heavy atom. The number of rotatable bonds is 6. The van der Waals surface area contributed by atoms with Crippen LogP contribution in [0.2, 0.25) is 0 Å². The van der Waals surface area contributed by atoms with Crippen LogP contribution in [0.1, 0.15) is 32.1 Å². The maximum atomic E-state index is 11.9. The topological polar surface area (TPSA) is 83.6 Å². The molecule has 0 aromatic carbocycles. The Labute approximate surface area is 139 Å². The molecule has 0 unspecified atom stereocenters. The number of hydrogen-bond donors (Lipinski definition) is 2. The highest BCUT2D eigenvalue weighted by Crippen LogP contribution is 2.23. The van der Waals surface area contributed by atoms with Gasteiger partial charge in [-0.05, 0) is 30.9 Å². The van der Waals surface area contributed by atoms with Crippen LogP contribution in [0.15, 0.2) is 29.7 Å². The fourth-order valence-corrected chi connectivity index (χ4v) is 3.41. The lowest BCUT2D eigenvalue weighted by molar-refractivity contribution is -0.118. The smallest absolute Gasteiger partial charge is 0.230 e. The van der Waals surface area contributed by atoms with Crippen molar-refractivity contribution in [3.63, 3.8) is 0 Å². The van der Waals surface area contributed by atoms with E-state index >= 15 is 0 Å². The molecule has 1 aliphatic carbocycles. The second-order valence-corrected chi connectivity index (χ2v) is 6.74. The summed E-state index contributed by atoms with van der Waals surface area (Å²) in [6.07, 6.45) is 9.83. The average molecular weight is 331 g/mol. The van der Waals surface area contributed by atoms with Crippen LogP contribution in [0.4, 0.5) is 0 Å². The van der Waals surface area contributed by atoms with E-state index in [0.717, 1.165) is 12.1 Å². The molecule has 0 atom stereocenters. The Morgan fingerprint density at radius 1 is 1.26 bits per heavy atom. The van der Waals surface area contributed by atoms with Crippen molar-refractivity contribution in [2.24, 2.45) is 5.92 Å². The Hall–Kier alpha value is -1.89. The Kier molecular flexibility index (Phi) is 5.63. The summed E-state index contributed by atoms with van der Waals surface area (Å²) in [6.45, 7) is 0.801. The monoisotopic (exact) mass is 331 g/mol. The Bertz CT molecular complexity index is 624. The van der Waals surface area contributed by atoms with Crippen molar-refractivity contribution in [2.45, 2.75) is 37.3 Å². The molecular formula is C16H21N5OS. The van der Waals surface area contributed by atoms with Gasteiger partial charge in [0.25, 0.3) is 0 Å². The molecule has 1 amide bonds. The molecule has 1 fully saturated rings. The van der Waals surface area contributed by atoms with Gasteiger partial charge in [0.05, 0.1) is 5.75 Å². The van der Waals surface area contributed by atoms with Crippen molar-refractivity contribution in [3.05, 3.63) is 24.5 Å². The number of carbonyl (C=O) groups excluding carboxylic acids is 1. The van der Waals surface area contributed by atoms with Gasteiger partial charge in [0.15, 0.2) is 5.82 Å². The maximum absolute atomic E-state index is 11.9. The molecule has 2 aromatic heterocycles. The van der Waals surface area contributed by atoms with Gasteiger partial charge in [-0.15, -0.1) is 5.10 Å². The van der Waals surface area contributed by atoms with Gasteiger partial charge in [-0.1, -0.05) is 31.0 Å². The highest BCUT2D eigenvalue weighted by Gasteiger charge is 2.15. The normalized spacial score (nSPS) is 15.5. The van der Waals surface area contributed by atoms with Crippen molar-refractivity contribution in [2.75, 3.05) is 12.3 Å². The Morgan fingerprint density at radius 3 is 2.83 bits per heavy atom. The van der Waals surface area contributed by atoms with Crippen LogP contribution >= 0.6 is 11.8 Å². The molecule has 122 valence electrons. The van der Waals surface area contributed by atoms with Crippen LogP contribution in [0, 0.1) is 5.92 Å². The largest absolute Gasteiger partial charge is 0.355 e. The van der Waals surface area contributed by atoms with E-state index < -0.39 is 0 Å². The third-order valence-corrected chi connectivity index (χ3v) is 4.91. The minimum atomic E-state index is 0.0517. The zero-order chi connectivity index (χ0) is 15.9. The third kappa shape index (κ3) is 4.79. The lowest BCUT2D eigenvalue weighted by Gasteiger charge is -2.21. The van der Waals surface area contributed by atoms with E-state index in [0.29, 0.717) is 22.7 Å². The maximum Gasteiger partial charge on any atom is 0.230 e. The predicted octanol–water partition coefficient (Wildman–Crippen LogP) is 2.66. The van der Waals surface area contributed by atoms with Gasteiger partial charge in [0, 0.05) is 24.5 Å². The summed E-state index contributed by atoms with van der Waals surface area (Å²) in [4.78, 5) is 20.3. The van der Waals surface area contributed by atoms with E-state index in [1.54, 1.807) is 12.4 Å². The van der Waals surface area contributed by atoms with Gasteiger partial charge in [-0.2, -0.15) is 0 Å². The molecule has 0 saturated heterocycles. The number of hydrogen-bond acceptors (Lipinski definition) is 5. The number of H-pyrrole nitrogens is 1. The van der Waals surface area contributed by atoms with Gasteiger partial charge in [-0.3, -0.25) is 14.9 Å². The van der Waals surface area contributed by atoms with Gasteiger partial charge in [0.1, 0.15) is 0 Å². The summed E-state index contributed by atoms with van der Waals surface area (Å²) >= 11 is 1.35. The highest BCUT2D eigenvalue weighted by molar-refractivity contribution is 7.99. The van der Waals surface area contributed by atoms with Crippen LogP contribution in [0.5, 0.6) is 0 Å². The molecule has 7 heteroatoms. The number of carbonyl (C=O) groups is 1. The van der Waals surface area contributed by atoms with Crippen LogP contribution in [0.3, 0.4) is 0 Å². The van der Waals surface area contributed by atoms with Crippen molar-refractivity contribution in [1.82, 2.24) is 25.5 Å². The van der Waals surface area contributed by atoms with Crippen molar-refractivity contribution >= 4 is 17.7 Å². The van der Waals surface area contributed by atoms with Crippen LogP contribution in [-0.4, -0.2) is 38.4 Å². The molecule has 23 heavy (non-hydrogen) atoms. The quantitative estimate of drug-likeness (QED) is 0.795. The molecular weight excluding hydrogens is 310 g/mol. The molecule has 0 bridgehead atoms. The number of aromatic amines is 1. The SMILES string of the molecule is O=C(CSc1n[nH]c(-c2ccncc2)n1)NCC1CCCCC1. The standard InChI is InChI=1S/C16H21N5OS/c22-14(18-10-12-4-2-1-3-5-12)11-23-16-19-15(20-21-16)13-6-8-17-9-7-13/h6-9,12H,1-5,10-11H2,(H,18,22)(H,19,20,21). The second-order valence-electron chi connectivity index (χ2n) is 5.80. The summed E-state index contributed by atoms with van der Waals surface area (Å²) in [6, 6.07) is 3.73. The fraction of sp³-hybridized carbons (Fsp3) is 0.500. The van der Waals surface area contributed by atoms with E-state index in [1.807, 2.05) is 12.1 Å². The van der Waals surface area contributed by atoms with Crippen molar-refractivity contribution in [3.8, 4) is 11.4 Å². The first-order valence-corrected chi connectivity index (χ1v) is 9.02. The fourth-order valence-electron chi connectivity index (χ4n) is 2.78. The van der Waals surface area contributed by atoms with Gasteiger partial charge in [-0.25, -0.2) is 4.98 Å². The third-order valence-electron chi connectivity index (χ3n) is 4.06. The Balaban J connectivity index is 1.43. The first-order chi connectivity index (χ1) is 11.3. The molecule has 2 aromatic rings. The number of nitrogens with zero attached hydrogens (tertiary/aromatic N) is 3. The summed E-state index contributed by atoms with van der Waals surface area (Å²) in [7, 11) is 0. The molecule has 2 N–H and O–H groups in total. The number of nitrogens with one attached hydrogen (secondary N) is 2. The minimum absolute atomic E-state index is 0.0517. The van der Waals surface area contributed by atoms with Gasteiger partial charge >= 0.3 is 0 Å². The van der Waals surface area contributed by atoms with E-state index in [-0.39, 0.29) is 5.91 Å². The van der Waals surface area contributed by atoms with Gasteiger partial charge < -0.3 is 5.32 Å². The molecule has 0 radical (unpaired) electrons. The lowest BCUT2D eigenvalue weighted by Crippen LogP contribution is -2.31. The van der Waals surface area contributed by atoms with E-state index in [9.17, 15) is 4.79 Å². The van der Waals surface area contributed by atoms with Crippen molar-refractivity contribution < 1.29 is 4.79 Å². The number of pyridine rings is 1. The molecule has 2 heterocycles. The number of thioether (sulfide) groups is 1. The van der Waals surface area contributed by atoms with Gasteiger partial charge in [0.2, 0.25) is 11.1 Å². The average Bonchev–Trinajstić information content (AvgIpc) is 3.09. The highest BCUT2D eigenvalue weighted by atomic mass is 32.2. The van der Waals surface area contributed by atoms with Crippen LogP contribution in [0.25, 0.3) is 11.4 Å². The molecule has 6 nitrogen and oxygen atoms in total. The van der Waals surface area contributed by atoms with E-state index in [1.165, 1.54) is 43.9 Å². The zero-order valence-corrected chi connectivity index (χ0v) is 13.8. The molecule has 0 aliphatic heterocycles. The molecule has 0 spiro atoms. The van der Waals surface area contributed by atoms with Crippen LogP contribution < -0.4 is 5.32 Å². The van der Waals surface area contributed by atoms with Crippen molar-refractivity contribution in [1.29, 1.82) is 0 Å². The van der Waals surface area contributed by atoms with E-state index in [4.69, 9.17) is 0 Å².